The number of rotatable bonds is 5. The van der Waals surface area contributed by atoms with Crippen LogP contribution in [-0.2, 0) is 4.74 Å². The number of amides is 1. The smallest absolute Gasteiger partial charge is 0.407 e. The molecule has 0 aliphatic heterocycles. The largest absolute Gasteiger partial charge is 0.444 e. The lowest BCUT2D eigenvalue weighted by Crippen LogP contribution is -2.55. The average Bonchev–Trinajstić information content (AvgIpc) is 2.40. The molecule has 0 aromatic heterocycles. The lowest BCUT2D eigenvalue weighted by atomic mass is 9.74. The van der Waals surface area contributed by atoms with E-state index in [2.05, 4.69) is 10.6 Å². The predicted molar refractivity (Wildman–Crippen MR) is 86.8 cm³/mol. The van der Waals surface area contributed by atoms with Crippen LogP contribution in [0.25, 0.3) is 0 Å². The van der Waals surface area contributed by atoms with Crippen LogP contribution < -0.4 is 10.6 Å². The molecule has 0 atom stereocenters. The summed E-state index contributed by atoms with van der Waals surface area (Å²) in [5.41, 5.74) is -0.359. The molecule has 3 N–H and O–H groups in total. The van der Waals surface area contributed by atoms with Crippen LogP contribution in [0.2, 0.25) is 0 Å². The first-order chi connectivity index (χ1) is 10.3. The van der Waals surface area contributed by atoms with Gasteiger partial charge >= 0.3 is 6.09 Å². The van der Waals surface area contributed by atoms with Crippen molar-refractivity contribution >= 4 is 6.09 Å². The minimum Gasteiger partial charge on any atom is -0.444 e. The molecule has 2 rings (SSSR count). The number of hydrogen-bond acceptors (Lipinski definition) is 4. The highest BCUT2D eigenvalue weighted by atomic mass is 16.6. The van der Waals surface area contributed by atoms with E-state index in [1.807, 2.05) is 20.8 Å². The lowest BCUT2D eigenvalue weighted by Gasteiger charge is -2.41. The lowest BCUT2D eigenvalue weighted by molar-refractivity contribution is 0.0446. The third kappa shape index (κ3) is 5.13. The van der Waals surface area contributed by atoms with Crippen molar-refractivity contribution in [3.05, 3.63) is 0 Å². The van der Waals surface area contributed by atoms with Gasteiger partial charge < -0.3 is 20.5 Å². The number of carbonyl (C=O) groups excluding carboxylic acids is 1. The molecule has 0 spiro atoms. The summed E-state index contributed by atoms with van der Waals surface area (Å²) in [7, 11) is 0. The van der Waals surface area contributed by atoms with E-state index in [1.165, 1.54) is 19.3 Å². The zero-order valence-electron chi connectivity index (χ0n) is 14.3. The first-order valence-electron chi connectivity index (χ1n) is 8.66. The Hall–Kier alpha value is -0.810. The molecule has 1 amide bonds. The van der Waals surface area contributed by atoms with Gasteiger partial charge in [0.15, 0.2) is 0 Å². The van der Waals surface area contributed by atoms with Gasteiger partial charge in [0.05, 0.1) is 0 Å². The minimum absolute atomic E-state index is 0.0852. The van der Waals surface area contributed by atoms with Crippen LogP contribution in [0.3, 0.4) is 0 Å². The Bertz CT molecular complexity index is 367. The molecule has 0 radical (unpaired) electrons. The highest BCUT2D eigenvalue weighted by Gasteiger charge is 2.35. The second-order valence-corrected chi connectivity index (χ2v) is 8.11. The molecule has 2 aliphatic rings. The fourth-order valence-electron chi connectivity index (χ4n) is 3.43. The Kier molecular flexibility index (Phi) is 5.72. The summed E-state index contributed by atoms with van der Waals surface area (Å²) in [5, 5.41) is 16.2. The number of nitrogens with one attached hydrogen (secondary N) is 2. The Balaban J connectivity index is 1.64. The van der Waals surface area contributed by atoms with Crippen molar-refractivity contribution in [1.29, 1.82) is 0 Å². The molecule has 128 valence electrons. The zero-order chi connectivity index (χ0) is 16.2. The summed E-state index contributed by atoms with van der Waals surface area (Å²) >= 11 is 0. The van der Waals surface area contributed by atoms with E-state index in [4.69, 9.17) is 4.74 Å². The molecule has 5 nitrogen and oxygen atoms in total. The van der Waals surface area contributed by atoms with Crippen LogP contribution in [-0.4, -0.2) is 42.0 Å². The summed E-state index contributed by atoms with van der Waals surface area (Å²) < 4.78 is 5.26. The Labute approximate surface area is 134 Å². The summed E-state index contributed by atoms with van der Waals surface area (Å²) in [4.78, 5) is 11.7. The van der Waals surface area contributed by atoms with Crippen LogP contribution in [0, 0.1) is 5.41 Å². The van der Waals surface area contributed by atoms with Crippen LogP contribution in [0.4, 0.5) is 4.79 Å². The van der Waals surface area contributed by atoms with Crippen molar-refractivity contribution in [1.82, 2.24) is 10.6 Å². The van der Waals surface area contributed by atoms with E-state index in [-0.39, 0.29) is 24.2 Å². The van der Waals surface area contributed by atoms with Gasteiger partial charge in [0, 0.05) is 30.7 Å². The molecule has 2 aliphatic carbocycles. The van der Waals surface area contributed by atoms with Gasteiger partial charge in [-0.05, 0) is 46.5 Å². The number of aliphatic hydroxyl groups is 1. The van der Waals surface area contributed by atoms with Gasteiger partial charge in [0.1, 0.15) is 5.60 Å². The topological polar surface area (TPSA) is 70.6 Å². The van der Waals surface area contributed by atoms with Gasteiger partial charge in [-0.25, -0.2) is 4.79 Å². The van der Waals surface area contributed by atoms with Gasteiger partial charge in [-0.2, -0.15) is 0 Å². The molecule has 0 aromatic carbocycles. The van der Waals surface area contributed by atoms with E-state index in [1.54, 1.807) is 0 Å². The van der Waals surface area contributed by atoms with Gasteiger partial charge in [-0.1, -0.05) is 19.3 Å². The molecule has 0 aromatic rings. The van der Waals surface area contributed by atoms with Crippen LogP contribution >= 0.6 is 0 Å². The third-order valence-corrected chi connectivity index (χ3v) is 4.87. The molecule has 2 saturated carbocycles. The quantitative estimate of drug-likeness (QED) is 0.730. The normalized spacial score (nSPS) is 27.8. The van der Waals surface area contributed by atoms with Crippen molar-refractivity contribution in [2.75, 3.05) is 13.2 Å². The maximum absolute atomic E-state index is 11.7. The van der Waals surface area contributed by atoms with Crippen molar-refractivity contribution in [3.63, 3.8) is 0 Å². The molecule has 0 unspecified atom stereocenters. The highest BCUT2D eigenvalue weighted by Crippen LogP contribution is 2.35. The average molecular weight is 312 g/mol. The molecular formula is C17H32N2O3. The van der Waals surface area contributed by atoms with Crippen molar-refractivity contribution in [3.8, 4) is 0 Å². The summed E-state index contributed by atoms with van der Waals surface area (Å²) in [6.07, 6.45) is 7.58. The molecular weight excluding hydrogens is 280 g/mol. The fourth-order valence-corrected chi connectivity index (χ4v) is 3.43. The highest BCUT2D eigenvalue weighted by molar-refractivity contribution is 5.68. The summed E-state index contributed by atoms with van der Waals surface area (Å²) in [6.45, 7) is 6.79. The number of hydrogen-bond donors (Lipinski definition) is 3. The second-order valence-electron chi connectivity index (χ2n) is 8.11. The van der Waals surface area contributed by atoms with E-state index < -0.39 is 5.60 Å². The maximum atomic E-state index is 11.7. The van der Waals surface area contributed by atoms with Gasteiger partial charge in [0.2, 0.25) is 0 Å². The van der Waals surface area contributed by atoms with E-state index in [0.717, 1.165) is 32.2 Å². The zero-order valence-corrected chi connectivity index (χ0v) is 14.3. The third-order valence-electron chi connectivity index (χ3n) is 4.87. The number of aliphatic hydroxyl groups excluding tert-OH is 1. The van der Waals surface area contributed by atoms with E-state index in [0.29, 0.717) is 6.04 Å². The summed E-state index contributed by atoms with van der Waals surface area (Å²) in [6, 6.07) is 0.661. The van der Waals surface area contributed by atoms with Crippen molar-refractivity contribution < 1.29 is 14.6 Å². The van der Waals surface area contributed by atoms with Gasteiger partial charge in [-0.15, -0.1) is 0 Å². The molecule has 22 heavy (non-hydrogen) atoms. The Morgan fingerprint density at radius 3 is 2.36 bits per heavy atom. The van der Waals surface area contributed by atoms with E-state index >= 15 is 0 Å². The second kappa shape index (κ2) is 7.18. The maximum Gasteiger partial charge on any atom is 0.407 e. The summed E-state index contributed by atoms with van der Waals surface area (Å²) in [5.74, 6) is 0. The van der Waals surface area contributed by atoms with Crippen molar-refractivity contribution in [2.45, 2.75) is 83.4 Å². The van der Waals surface area contributed by atoms with E-state index in [9.17, 15) is 9.90 Å². The molecule has 2 fully saturated rings. The SMILES string of the molecule is CC(C)(C)OC(=O)NC1CC(NCC2(CO)CCCCC2)C1. The molecule has 5 heteroatoms. The Morgan fingerprint density at radius 2 is 1.82 bits per heavy atom. The monoisotopic (exact) mass is 312 g/mol. The van der Waals surface area contributed by atoms with Crippen LogP contribution in [0.15, 0.2) is 0 Å². The van der Waals surface area contributed by atoms with Crippen LogP contribution in [0.1, 0.15) is 65.7 Å². The number of alkyl carbamates (subject to hydrolysis) is 1. The first kappa shape index (κ1) is 17.5. The fraction of sp³-hybridized carbons (Fsp3) is 0.941. The molecule has 0 saturated heterocycles. The standard InChI is InChI=1S/C17H32N2O3/c1-16(2,3)22-15(21)19-14-9-13(10-14)18-11-17(12-20)7-5-4-6-8-17/h13-14,18,20H,4-12H2,1-3H3,(H,19,21). The van der Waals surface area contributed by atoms with Crippen LogP contribution in [0.5, 0.6) is 0 Å². The van der Waals surface area contributed by atoms with Gasteiger partial charge in [-0.3, -0.25) is 0 Å². The number of ether oxygens (including phenoxy) is 1. The molecule has 0 bridgehead atoms. The minimum atomic E-state index is -0.444. The predicted octanol–water partition coefficient (Wildman–Crippen LogP) is 2.57. The Morgan fingerprint density at radius 1 is 1.18 bits per heavy atom. The van der Waals surface area contributed by atoms with Crippen molar-refractivity contribution in [2.24, 2.45) is 5.41 Å². The number of carbonyl (C=O) groups is 1. The first-order valence-corrected chi connectivity index (χ1v) is 8.66. The molecule has 0 heterocycles. The van der Waals surface area contributed by atoms with Gasteiger partial charge in [0.25, 0.3) is 0 Å².